The van der Waals surface area contributed by atoms with Crippen LogP contribution in [0.2, 0.25) is 0 Å². The maximum absolute atomic E-state index is 12.1. The van der Waals surface area contributed by atoms with Crippen molar-refractivity contribution in [2.45, 2.75) is 0 Å². The molecule has 1 aromatic heterocycles. The minimum Gasteiger partial charge on any atom is -0.317 e. The first-order valence-corrected chi connectivity index (χ1v) is 7.16. The predicted octanol–water partition coefficient (Wildman–Crippen LogP) is 1.48. The van der Waals surface area contributed by atoms with Crippen molar-refractivity contribution in [3.63, 3.8) is 0 Å². The van der Waals surface area contributed by atoms with E-state index in [1.807, 2.05) is 0 Å². The van der Waals surface area contributed by atoms with E-state index in [2.05, 4.69) is 5.32 Å². The summed E-state index contributed by atoms with van der Waals surface area (Å²) in [5.74, 6) is -1.51. The maximum Gasteiger partial charge on any atom is 0.331 e. The van der Waals surface area contributed by atoms with E-state index in [1.54, 1.807) is 29.0 Å². The van der Waals surface area contributed by atoms with Gasteiger partial charge in [0.05, 0.1) is 10.6 Å². The number of rotatable bonds is 3. The highest BCUT2D eigenvalue weighted by atomic mass is 16.6. The van der Waals surface area contributed by atoms with Crippen molar-refractivity contribution >= 4 is 29.6 Å². The number of aromatic nitrogens is 1. The van der Waals surface area contributed by atoms with Crippen molar-refractivity contribution in [1.29, 1.82) is 0 Å². The smallest absolute Gasteiger partial charge is 0.317 e. The van der Waals surface area contributed by atoms with Gasteiger partial charge in [-0.1, -0.05) is 6.07 Å². The Balaban J connectivity index is 2.04. The number of barbiturate groups is 1. The molecule has 2 heterocycles. The van der Waals surface area contributed by atoms with Crippen LogP contribution in [0.15, 0.2) is 48.2 Å². The highest BCUT2D eigenvalue weighted by molar-refractivity contribution is 6.30. The number of amides is 4. The van der Waals surface area contributed by atoms with Crippen LogP contribution in [0.1, 0.15) is 5.69 Å². The fourth-order valence-corrected chi connectivity index (χ4v) is 2.40. The van der Waals surface area contributed by atoms with Gasteiger partial charge in [0.25, 0.3) is 17.5 Å². The van der Waals surface area contributed by atoms with Crippen LogP contribution in [0.5, 0.6) is 0 Å². The number of benzene rings is 1. The Labute approximate surface area is 141 Å². The second-order valence-electron chi connectivity index (χ2n) is 5.26. The van der Waals surface area contributed by atoms with E-state index in [0.29, 0.717) is 11.4 Å². The number of hydrogen-bond acceptors (Lipinski definition) is 5. The third-order valence-corrected chi connectivity index (χ3v) is 3.70. The molecule has 0 aliphatic carbocycles. The molecule has 1 aliphatic rings. The summed E-state index contributed by atoms with van der Waals surface area (Å²) < 4.78 is 1.59. The van der Waals surface area contributed by atoms with E-state index in [9.17, 15) is 24.5 Å². The molecule has 0 spiro atoms. The number of hydrogen-bond donors (Lipinski definition) is 1. The number of carbonyl (C=O) groups excluding carboxylic acids is 3. The molecule has 9 heteroatoms. The topological polar surface area (TPSA) is 115 Å². The van der Waals surface area contributed by atoms with Crippen LogP contribution in [-0.4, -0.2) is 39.3 Å². The molecule has 1 saturated heterocycles. The predicted molar refractivity (Wildman–Crippen MR) is 86.7 cm³/mol. The Kier molecular flexibility index (Phi) is 3.89. The molecule has 0 radical (unpaired) electrons. The fraction of sp³-hybridized carbons (Fsp3) is 0.0625. The molecule has 1 fully saturated rings. The molecular weight excluding hydrogens is 328 g/mol. The van der Waals surface area contributed by atoms with Crippen LogP contribution in [0, 0.1) is 10.1 Å². The largest absolute Gasteiger partial charge is 0.331 e. The molecule has 9 nitrogen and oxygen atoms in total. The van der Waals surface area contributed by atoms with Crippen LogP contribution >= 0.6 is 0 Å². The summed E-state index contributed by atoms with van der Waals surface area (Å²) in [6.07, 6.45) is 2.98. The maximum atomic E-state index is 12.1. The summed E-state index contributed by atoms with van der Waals surface area (Å²) in [7, 11) is 1.26. The molecule has 2 aromatic rings. The lowest BCUT2D eigenvalue weighted by Gasteiger charge is -2.22. The van der Waals surface area contributed by atoms with Crippen molar-refractivity contribution in [1.82, 2.24) is 14.8 Å². The van der Waals surface area contributed by atoms with Gasteiger partial charge in [-0.05, 0) is 24.3 Å². The standard InChI is InChI=1S/C16H12N4O5/c1-18-15(22)13(14(21)17-16(18)23)9-11-6-3-7-19(11)10-4-2-5-12(8-10)20(24)25/h2-9H,1H3,(H,17,21,23)/b13-9-. The number of nitrogens with zero attached hydrogens (tertiary/aromatic N) is 3. The van der Waals surface area contributed by atoms with Crippen LogP contribution in [0.4, 0.5) is 10.5 Å². The van der Waals surface area contributed by atoms with E-state index >= 15 is 0 Å². The minimum atomic E-state index is -0.792. The van der Waals surface area contributed by atoms with Gasteiger partial charge in [0, 0.05) is 31.1 Å². The number of nitro benzene ring substituents is 1. The molecule has 126 valence electrons. The zero-order valence-corrected chi connectivity index (χ0v) is 13.0. The quantitative estimate of drug-likeness (QED) is 0.393. The monoisotopic (exact) mass is 340 g/mol. The van der Waals surface area contributed by atoms with Crippen molar-refractivity contribution in [2.24, 2.45) is 0 Å². The zero-order chi connectivity index (χ0) is 18.1. The molecule has 4 amide bonds. The van der Waals surface area contributed by atoms with Gasteiger partial charge in [-0.15, -0.1) is 0 Å². The molecule has 0 bridgehead atoms. The molecular formula is C16H12N4O5. The Bertz CT molecular complexity index is 944. The molecule has 25 heavy (non-hydrogen) atoms. The molecule has 1 aromatic carbocycles. The summed E-state index contributed by atoms with van der Waals surface area (Å²) in [5, 5.41) is 13.0. The van der Waals surface area contributed by atoms with Crippen molar-refractivity contribution < 1.29 is 19.3 Å². The van der Waals surface area contributed by atoms with E-state index in [4.69, 9.17) is 0 Å². The number of nitro groups is 1. The van der Waals surface area contributed by atoms with Gasteiger partial charge in [0.15, 0.2) is 0 Å². The first-order valence-electron chi connectivity index (χ1n) is 7.16. The highest BCUT2D eigenvalue weighted by Crippen LogP contribution is 2.21. The number of likely N-dealkylation sites (N-methyl/N-ethyl adjacent to an activating group) is 1. The van der Waals surface area contributed by atoms with Gasteiger partial charge in [-0.3, -0.25) is 29.9 Å². The van der Waals surface area contributed by atoms with E-state index in [0.717, 1.165) is 4.90 Å². The average molecular weight is 340 g/mol. The first-order chi connectivity index (χ1) is 11.9. The summed E-state index contributed by atoms with van der Waals surface area (Å²) in [6.45, 7) is 0. The Morgan fingerprint density at radius 3 is 2.64 bits per heavy atom. The second-order valence-corrected chi connectivity index (χ2v) is 5.26. The summed E-state index contributed by atoms with van der Waals surface area (Å²) >= 11 is 0. The SMILES string of the molecule is CN1C(=O)NC(=O)/C(=C/c2cccn2-c2cccc([N+](=O)[O-])c2)C1=O. The van der Waals surface area contributed by atoms with Gasteiger partial charge in [-0.25, -0.2) is 4.79 Å². The number of urea groups is 1. The summed E-state index contributed by atoms with van der Waals surface area (Å²) in [5.41, 5.74) is 0.676. The van der Waals surface area contributed by atoms with E-state index in [1.165, 1.54) is 31.3 Å². The number of imide groups is 2. The van der Waals surface area contributed by atoms with Gasteiger partial charge in [0.2, 0.25) is 0 Å². The molecule has 0 unspecified atom stereocenters. The minimum absolute atomic E-state index is 0.0818. The van der Waals surface area contributed by atoms with Gasteiger partial charge in [-0.2, -0.15) is 0 Å². The lowest BCUT2D eigenvalue weighted by Crippen LogP contribution is -2.52. The third-order valence-electron chi connectivity index (χ3n) is 3.70. The highest BCUT2D eigenvalue weighted by Gasteiger charge is 2.33. The van der Waals surface area contributed by atoms with Crippen molar-refractivity contribution in [2.75, 3.05) is 7.05 Å². The van der Waals surface area contributed by atoms with E-state index < -0.39 is 22.8 Å². The third kappa shape index (κ3) is 2.90. The van der Waals surface area contributed by atoms with Gasteiger partial charge < -0.3 is 4.57 Å². The van der Waals surface area contributed by atoms with Crippen LogP contribution in [0.3, 0.4) is 0 Å². The zero-order valence-electron chi connectivity index (χ0n) is 13.0. The lowest BCUT2D eigenvalue weighted by atomic mass is 10.1. The molecule has 1 aliphatic heterocycles. The fourth-order valence-electron chi connectivity index (χ4n) is 2.40. The first kappa shape index (κ1) is 16.1. The van der Waals surface area contributed by atoms with E-state index in [-0.39, 0.29) is 11.3 Å². The lowest BCUT2D eigenvalue weighted by molar-refractivity contribution is -0.384. The number of non-ortho nitro benzene ring substituents is 1. The Morgan fingerprint density at radius 1 is 1.16 bits per heavy atom. The average Bonchev–Trinajstić information content (AvgIpc) is 3.05. The number of carbonyl (C=O) groups is 3. The molecule has 3 rings (SSSR count). The number of nitrogens with one attached hydrogen (secondary N) is 1. The summed E-state index contributed by atoms with van der Waals surface area (Å²) in [6, 6.07) is 8.46. The normalized spacial score (nSPS) is 16.3. The summed E-state index contributed by atoms with van der Waals surface area (Å²) in [4.78, 5) is 46.7. The van der Waals surface area contributed by atoms with Crippen LogP contribution in [0.25, 0.3) is 11.8 Å². The Hall–Kier alpha value is -3.75. The van der Waals surface area contributed by atoms with Crippen molar-refractivity contribution in [3.05, 3.63) is 64.0 Å². The molecule has 0 saturated carbocycles. The van der Waals surface area contributed by atoms with Crippen LogP contribution in [-0.2, 0) is 9.59 Å². The molecule has 1 N–H and O–H groups in total. The Morgan fingerprint density at radius 2 is 1.92 bits per heavy atom. The van der Waals surface area contributed by atoms with Gasteiger partial charge >= 0.3 is 6.03 Å². The van der Waals surface area contributed by atoms with Gasteiger partial charge in [0.1, 0.15) is 5.57 Å². The van der Waals surface area contributed by atoms with Crippen molar-refractivity contribution in [3.8, 4) is 5.69 Å². The molecule has 0 atom stereocenters. The second kappa shape index (κ2) is 6.04. The van der Waals surface area contributed by atoms with Crippen LogP contribution < -0.4 is 5.32 Å².